The lowest BCUT2D eigenvalue weighted by atomic mass is 10.1. The molecule has 0 heterocycles. The fraction of sp³-hybridized carbons (Fsp3) is 0.250. The second-order valence-electron chi connectivity index (χ2n) is 8.74. The summed E-state index contributed by atoms with van der Waals surface area (Å²) in [6.07, 6.45) is 0. The summed E-state index contributed by atoms with van der Waals surface area (Å²) in [5.41, 5.74) is 21.5. The van der Waals surface area contributed by atoms with Gasteiger partial charge < -0.3 is 31.4 Å². The number of nitrogen functional groups attached to an aromatic ring is 3. The second kappa shape index (κ2) is 13.9. The van der Waals surface area contributed by atoms with E-state index in [4.69, 9.17) is 47.6 Å². The summed E-state index contributed by atoms with van der Waals surface area (Å²) < 4.78 is 17.9. The molecule has 0 atom stereocenters. The maximum Gasteiger partial charge on any atom is 0.122 e. The number of nitrogens with two attached hydrogens (primary N) is 3. The zero-order valence-electron chi connectivity index (χ0n) is 20.7. The summed E-state index contributed by atoms with van der Waals surface area (Å²) in [5.74, 6) is 0.112. The van der Waals surface area contributed by atoms with Gasteiger partial charge in [0.05, 0.1) is 39.6 Å². The van der Waals surface area contributed by atoms with Crippen molar-refractivity contribution in [2.75, 3.05) is 19.8 Å². The normalized spacial score (nSPS) is 11.7. The molecule has 0 aliphatic carbocycles. The number of nitrogens with one attached hydrogen (secondary N) is 3. The van der Waals surface area contributed by atoms with Gasteiger partial charge >= 0.3 is 0 Å². The van der Waals surface area contributed by atoms with Gasteiger partial charge in [0, 0.05) is 22.6 Å². The van der Waals surface area contributed by atoms with Crippen molar-refractivity contribution in [2.24, 2.45) is 23.1 Å². The van der Waals surface area contributed by atoms with Crippen molar-refractivity contribution in [3.63, 3.8) is 0 Å². The molecule has 0 fully saturated rings. The van der Waals surface area contributed by atoms with E-state index in [1.54, 1.807) is 36.4 Å². The Morgan fingerprint density at radius 2 is 0.730 bits per heavy atom. The van der Waals surface area contributed by atoms with Gasteiger partial charge in [0.25, 0.3) is 0 Å². The van der Waals surface area contributed by atoms with Crippen LogP contribution in [0.25, 0.3) is 0 Å². The van der Waals surface area contributed by atoms with Gasteiger partial charge in [0.15, 0.2) is 0 Å². The van der Waals surface area contributed by atoms with Crippen LogP contribution in [0.4, 0.5) is 0 Å². The molecule has 3 aromatic carbocycles. The van der Waals surface area contributed by atoms with E-state index in [1.165, 1.54) is 0 Å². The predicted octanol–water partition coefficient (Wildman–Crippen LogP) is 3.11. The predicted molar refractivity (Wildman–Crippen MR) is 145 cm³/mol. The fourth-order valence-corrected chi connectivity index (χ4v) is 3.52. The molecule has 0 bridgehead atoms. The molecule has 9 heteroatoms. The van der Waals surface area contributed by atoms with Gasteiger partial charge in [-0.2, -0.15) is 0 Å². The maximum atomic E-state index is 7.50. The highest BCUT2D eigenvalue weighted by molar-refractivity contribution is 5.95. The van der Waals surface area contributed by atoms with Crippen LogP contribution >= 0.6 is 0 Å². The molecule has 0 aromatic heterocycles. The van der Waals surface area contributed by atoms with Crippen LogP contribution in [0.15, 0.2) is 72.8 Å². The first-order valence-corrected chi connectivity index (χ1v) is 11.8. The first kappa shape index (κ1) is 27.5. The smallest absolute Gasteiger partial charge is 0.122 e. The number of ether oxygens (including phenoxy) is 3. The van der Waals surface area contributed by atoms with Crippen molar-refractivity contribution >= 4 is 17.5 Å². The third-order valence-corrected chi connectivity index (χ3v) is 5.66. The highest BCUT2D eigenvalue weighted by Gasteiger charge is 2.12. The molecule has 0 aliphatic rings. The summed E-state index contributed by atoms with van der Waals surface area (Å²) in [4.78, 5) is 0. The minimum absolute atomic E-state index is 0.00415. The van der Waals surface area contributed by atoms with Crippen molar-refractivity contribution in [3.05, 3.63) is 106 Å². The van der Waals surface area contributed by atoms with Gasteiger partial charge in [-0.05, 0) is 16.7 Å². The largest absolute Gasteiger partial charge is 0.384 e. The molecule has 9 N–H and O–H groups in total. The van der Waals surface area contributed by atoms with Crippen LogP contribution in [0.3, 0.4) is 0 Å². The standard InChI is InChI=1S/C28H34N6O3/c29-26(30)23-7-1-19(2-8-23)13-35-16-22(17-36-14-20-3-9-24(10-4-20)27(31)32)18-37-15-21-5-11-25(12-6-21)28(33)34/h1-12,22H,13-18H2,(H3,29,30)(H3,31,32)(H3,33,34). The monoisotopic (exact) mass is 502 g/mol. The lowest BCUT2D eigenvalue weighted by molar-refractivity contribution is -0.0178. The summed E-state index contributed by atoms with van der Waals surface area (Å²) in [5, 5.41) is 22.5. The second-order valence-corrected chi connectivity index (χ2v) is 8.74. The average molecular weight is 503 g/mol. The van der Waals surface area contributed by atoms with E-state index in [9.17, 15) is 0 Å². The molecule has 9 nitrogen and oxygen atoms in total. The zero-order valence-corrected chi connectivity index (χ0v) is 20.7. The highest BCUT2D eigenvalue weighted by atomic mass is 16.5. The molecule has 0 spiro atoms. The Kier molecular flexibility index (Phi) is 10.3. The number of amidine groups is 3. The fourth-order valence-electron chi connectivity index (χ4n) is 3.52. The average Bonchev–Trinajstić information content (AvgIpc) is 2.89. The highest BCUT2D eigenvalue weighted by Crippen LogP contribution is 2.12. The molecule has 0 unspecified atom stereocenters. The van der Waals surface area contributed by atoms with Crippen LogP contribution in [0, 0.1) is 22.1 Å². The van der Waals surface area contributed by atoms with Crippen LogP contribution in [0.1, 0.15) is 33.4 Å². The van der Waals surface area contributed by atoms with Crippen molar-refractivity contribution in [3.8, 4) is 0 Å². The van der Waals surface area contributed by atoms with Gasteiger partial charge in [0.2, 0.25) is 0 Å². The number of hydrogen-bond acceptors (Lipinski definition) is 6. The minimum atomic E-state index is 0.00415. The topological polar surface area (TPSA) is 177 Å². The molecule has 0 amide bonds. The number of hydrogen-bond donors (Lipinski definition) is 6. The first-order valence-electron chi connectivity index (χ1n) is 11.8. The molecular formula is C28H34N6O3. The number of rotatable bonds is 15. The van der Waals surface area contributed by atoms with Gasteiger partial charge in [0.1, 0.15) is 17.5 Å². The van der Waals surface area contributed by atoms with E-state index in [0.717, 1.165) is 16.7 Å². The summed E-state index contributed by atoms with van der Waals surface area (Å²) in [6.45, 7) is 2.61. The molecule has 37 heavy (non-hydrogen) atoms. The molecule has 3 aromatic rings. The number of benzene rings is 3. The Hall–Kier alpha value is -4.05. The summed E-state index contributed by atoms with van der Waals surface area (Å²) in [6, 6.07) is 22.2. The quantitative estimate of drug-likeness (QED) is 0.137. The Morgan fingerprint density at radius 1 is 0.486 bits per heavy atom. The van der Waals surface area contributed by atoms with Gasteiger partial charge in [-0.15, -0.1) is 0 Å². The van der Waals surface area contributed by atoms with Gasteiger partial charge in [-0.1, -0.05) is 72.8 Å². The SMILES string of the molecule is N=C(N)c1ccc(COCC(COCc2ccc(C(=N)N)cc2)COCc2ccc(C(=N)N)cc2)cc1. The Bertz CT molecular complexity index is 1030. The molecule has 194 valence electrons. The van der Waals surface area contributed by atoms with Crippen molar-refractivity contribution in [1.82, 2.24) is 0 Å². The Labute approximate surface area is 217 Å². The van der Waals surface area contributed by atoms with Gasteiger partial charge in [-0.3, -0.25) is 16.2 Å². The lowest BCUT2D eigenvalue weighted by Crippen LogP contribution is -2.22. The van der Waals surface area contributed by atoms with E-state index >= 15 is 0 Å². The van der Waals surface area contributed by atoms with Crippen LogP contribution < -0.4 is 17.2 Å². The molecule has 0 radical (unpaired) electrons. The lowest BCUT2D eigenvalue weighted by Gasteiger charge is -2.18. The first-order chi connectivity index (χ1) is 17.8. The molecule has 0 saturated heterocycles. The third-order valence-electron chi connectivity index (χ3n) is 5.66. The zero-order chi connectivity index (χ0) is 26.6. The summed E-state index contributed by atoms with van der Waals surface area (Å²) >= 11 is 0. The van der Waals surface area contributed by atoms with Crippen molar-refractivity contribution < 1.29 is 14.2 Å². The summed E-state index contributed by atoms with van der Waals surface area (Å²) in [7, 11) is 0. The Balaban J connectivity index is 1.51. The third kappa shape index (κ3) is 9.16. The minimum Gasteiger partial charge on any atom is -0.384 e. The van der Waals surface area contributed by atoms with Crippen LogP contribution in [-0.2, 0) is 34.0 Å². The van der Waals surface area contributed by atoms with E-state index in [2.05, 4.69) is 0 Å². The van der Waals surface area contributed by atoms with Crippen LogP contribution in [-0.4, -0.2) is 37.3 Å². The molecule has 0 saturated carbocycles. The van der Waals surface area contributed by atoms with E-state index in [1.807, 2.05) is 36.4 Å². The van der Waals surface area contributed by atoms with Crippen LogP contribution in [0.2, 0.25) is 0 Å². The van der Waals surface area contributed by atoms with Crippen molar-refractivity contribution in [2.45, 2.75) is 19.8 Å². The van der Waals surface area contributed by atoms with E-state index in [0.29, 0.717) is 56.3 Å². The van der Waals surface area contributed by atoms with Crippen molar-refractivity contribution in [1.29, 1.82) is 16.2 Å². The Morgan fingerprint density at radius 3 is 0.946 bits per heavy atom. The maximum absolute atomic E-state index is 7.50. The molecule has 0 aliphatic heterocycles. The van der Waals surface area contributed by atoms with E-state index < -0.39 is 0 Å². The van der Waals surface area contributed by atoms with Gasteiger partial charge in [-0.25, -0.2) is 0 Å². The van der Waals surface area contributed by atoms with Crippen LogP contribution in [0.5, 0.6) is 0 Å². The van der Waals surface area contributed by atoms with E-state index in [-0.39, 0.29) is 23.4 Å². The molecule has 3 rings (SSSR count). The molecular weight excluding hydrogens is 468 g/mol.